The molecule has 2 aliphatic heterocycles. The number of carbonyl (C=O) groups is 1. The highest BCUT2D eigenvalue weighted by atomic mass is 35.5. The van der Waals surface area contributed by atoms with Crippen molar-refractivity contribution in [2.45, 2.75) is 37.0 Å². The number of hydrogen-bond acceptors (Lipinski definition) is 6. The van der Waals surface area contributed by atoms with Crippen LogP contribution in [-0.2, 0) is 11.3 Å². The molecule has 1 aromatic heterocycles. The number of nitrogens with zero attached hydrogens (tertiary/aromatic N) is 5. The molecule has 2 aliphatic rings. The van der Waals surface area contributed by atoms with Gasteiger partial charge in [-0.15, -0.1) is 10.2 Å². The average Bonchev–Trinajstić information content (AvgIpc) is 3.60. The maximum absolute atomic E-state index is 12.8. The van der Waals surface area contributed by atoms with Crippen molar-refractivity contribution in [3.63, 3.8) is 0 Å². The van der Waals surface area contributed by atoms with E-state index in [-0.39, 0.29) is 17.7 Å². The van der Waals surface area contributed by atoms with E-state index in [4.69, 9.17) is 11.6 Å². The van der Waals surface area contributed by atoms with Crippen LogP contribution in [0.4, 0.5) is 5.95 Å². The van der Waals surface area contributed by atoms with Crippen molar-refractivity contribution in [1.29, 1.82) is 0 Å². The Hall–Kier alpha value is -2.55. The van der Waals surface area contributed by atoms with Crippen LogP contribution >= 0.6 is 23.4 Å². The summed E-state index contributed by atoms with van der Waals surface area (Å²) in [5.74, 6) is 1.10. The molecule has 7 nitrogen and oxygen atoms in total. The summed E-state index contributed by atoms with van der Waals surface area (Å²) in [5, 5.41) is 13.4. The summed E-state index contributed by atoms with van der Waals surface area (Å²) in [6.45, 7) is 4.69. The monoisotopic (exact) mass is 496 g/mol. The number of halogens is 1. The first-order chi connectivity index (χ1) is 16.7. The minimum absolute atomic E-state index is 0.0213. The van der Waals surface area contributed by atoms with Gasteiger partial charge in [-0.2, -0.15) is 0 Å². The predicted octanol–water partition coefficient (Wildman–Crippen LogP) is 4.00. The maximum Gasteiger partial charge on any atom is 0.232 e. The lowest BCUT2D eigenvalue weighted by Gasteiger charge is -2.19. The number of aromatic nitrogens is 3. The van der Waals surface area contributed by atoms with Crippen LogP contribution in [0, 0.1) is 0 Å². The number of carbonyl (C=O) groups excluding carboxylic acids is 1. The van der Waals surface area contributed by atoms with Crippen LogP contribution in [0.15, 0.2) is 59.8 Å². The van der Waals surface area contributed by atoms with Gasteiger partial charge in [-0.1, -0.05) is 65.8 Å². The Morgan fingerprint density at radius 1 is 1.03 bits per heavy atom. The van der Waals surface area contributed by atoms with Gasteiger partial charge in [0.2, 0.25) is 11.9 Å². The minimum atomic E-state index is 0.0213. The molecule has 0 saturated carbocycles. The van der Waals surface area contributed by atoms with E-state index in [1.165, 1.54) is 17.3 Å². The van der Waals surface area contributed by atoms with Gasteiger partial charge in [-0.3, -0.25) is 14.3 Å². The molecule has 0 radical (unpaired) electrons. The Balaban J connectivity index is 1.21. The van der Waals surface area contributed by atoms with Gasteiger partial charge < -0.3 is 10.2 Å². The van der Waals surface area contributed by atoms with Crippen LogP contribution in [0.3, 0.4) is 0 Å². The van der Waals surface area contributed by atoms with Gasteiger partial charge in [0.15, 0.2) is 5.16 Å². The number of benzene rings is 2. The molecule has 1 N–H and O–H groups in total. The van der Waals surface area contributed by atoms with E-state index < -0.39 is 0 Å². The van der Waals surface area contributed by atoms with Gasteiger partial charge in [-0.25, -0.2) is 0 Å². The third kappa shape index (κ3) is 5.40. The largest absolute Gasteiger partial charge is 0.351 e. The Bertz CT molecular complexity index is 1120. The molecule has 3 aromatic rings. The quantitative estimate of drug-likeness (QED) is 0.475. The van der Waals surface area contributed by atoms with Crippen molar-refractivity contribution in [3.8, 4) is 5.69 Å². The van der Waals surface area contributed by atoms with Crippen LogP contribution in [0.2, 0.25) is 5.02 Å². The minimum Gasteiger partial charge on any atom is -0.351 e. The van der Waals surface area contributed by atoms with Crippen molar-refractivity contribution < 1.29 is 4.79 Å². The molecule has 1 amide bonds. The molecule has 3 heterocycles. The van der Waals surface area contributed by atoms with E-state index in [0.29, 0.717) is 10.2 Å². The molecule has 2 fully saturated rings. The second kappa shape index (κ2) is 10.8. The molecule has 0 bridgehead atoms. The summed E-state index contributed by atoms with van der Waals surface area (Å²) in [6.07, 6.45) is 3.25. The van der Waals surface area contributed by atoms with Crippen molar-refractivity contribution >= 4 is 35.2 Å². The van der Waals surface area contributed by atoms with Gasteiger partial charge in [0.05, 0.1) is 16.5 Å². The lowest BCUT2D eigenvalue weighted by atomic mass is 10.2. The summed E-state index contributed by atoms with van der Waals surface area (Å²) in [5.41, 5.74) is 2.14. The second-order valence-electron chi connectivity index (χ2n) is 8.83. The maximum atomic E-state index is 12.8. The average molecular weight is 497 g/mol. The summed E-state index contributed by atoms with van der Waals surface area (Å²) in [6, 6.07) is 18.3. The van der Waals surface area contributed by atoms with Crippen LogP contribution in [0.5, 0.6) is 0 Å². The Kier molecular flexibility index (Phi) is 7.37. The molecule has 34 heavy (non-hydrogen) atoms. The standard InChI is InChI=1S/C25H29ClN6OS/c26-21-10-4-5-11-22(21)32-24(31-13-6-7-14-31)28-29-25(32)34-18-23(33)27-20-12-15-30(17-20)16-19-8-2-1-3-9-19/h1-5,8-11,20H,6-7,12-18H2,(H,27,33). The zero-order valence-electron chi connectivity index (χ0n) is 19.1. The highest BCUT2D eigenvalue weighted by Gasteiger charge is 2.26. The summed E-state index contributed by atoms with van der Waals surface area (Å²) in [4.78, 5) is 17.4. The first-order valence-corrected chi connectivity index (χ1v) is 13.2. The highest BCUT2D eigenvalue weighted by molar-refractivity contribution is 7.99. The molecule has 0 aliphatic carbocycles. The molecule has 5 rings (SSSR count). The number of amides is 1. The molecule has 2 aromatic carbocycles. The van der Waals surface area contributed by atoms with Crippen LogP contribution in [-0.4, -0.2) is 63.5 Å². The molecular weight excluding hydrogens is 468 g/mol. The van der Waals surface area contributed by atoms with Crippen LogP contribution < -0.4 is 10.2 Å². The van der Waals surface area contributed by atoms with Crippen LogP contribution in [0.25, 0.3) is 5.69 Å². The zero-order chi connectivity index (χ0) is 23.3. The van der Waals surface area contributed by atoms with Crippen molar-refractivity contribution in [1.82, 2.24) is 25.0 Å². The smallest absolute Gasteiger partial charge is 0.232 e. The van der Waals surface area contributed by atoms with Crippen LogP contribution in [0.1, 0.15) is 24.8 Å². The lowest BCUT2D eigenvalue weighted by Crippen LogP contribution is -2.38. The van der Waals surface area contributed by atoms with Gasteiger partial charge in [0, 0.05) is 38.8 Å². The van der Waals surface area contributed by atoms with E-state index in [2.05, 4.69) is 49.6 Å². The van der Waals surface area contributed by atoms with Crippen molar-refractivity contribution in [3.05, 3.63) is 65.2 Å². The third-order valence-corrected chi connectivity index (χ3v) is 7.57. The third-order valence-electron chi connectivity index (χ3n) is 6.32. The van der Waals surface area contributed by atoms with E-state index in [9.17, 15) is 4.79 Å². The number of para-hydroxylation sites is 1. The number of nitrogens with one attached hydrogen (secondary N) is 1. The van der Waals surface area contributed by atoms with Gasteiger partial charge in [0.25, 0.3) is 0 Å². The molecule has 178 valence electrons. The number of anilines is 1. The highest BCUT2D eigenvalue weighted by Crippen LogP contribution is 2.31. The topological polar surface area (TPSA) is 66.3 Å². The van der Waals surface area contributed by atoms with E-state index >= 15 is 0 Å². The molecule has 0 spiro atoms. The summed E-state index contributed by atoms with van der Waals surface area (Å²) < 4.78 is 1.99. The van der Waals surface area contributed by atoms with E-state index in [1.807, 2.05) is 34.9 Å². The zero-order valence-corrected chi connectivity index (χ0v) is 20.6. The van der Waals surface area contributed by atoms with Crippen molar-refractivity contribution in [2.24, 2.45) is 0 Å². The molecule has 1 atom stereocenters. The number of hydrogen-bond donors (Lipinski definition) is 1. The van der Waals surface area contributed by atoms with Crippen molar-refractivity contribution in [2.75, 3.05) is 36.8 Å². The second-order valence-corrected chi connectivity index (χ2v) is 10.2. The fourth-order valence-corrected chi connectivity index (χ4v) is 5.63. The molecule has 9 heteroatoms. The fourth-order valence-electron chi connectivity index (χ4n) is 4.66. The first-order valence-electron chi connectivity index (χ1n) is 11.8. The van der Waals surface area contributed by atoms with E-state index in [0.717, 1.165) is 63.6 Å². The lowest BCUT2D eigenvalue weighted by molar-refractivity contribution is -0.119. The summed E-state index contributed by atoms with van der Waals surface area (Å²) >= 11 is 7.93. The first kappa shape index (κ1) is 23.2. The Morgan fingerprint density at radius 2 is 1.79 bits per heavy atom. The van der Waals surface area contributed by atoms with Gasteiger partial charge in [0.1, 0.15) is 0 Å². The normalized spacial score (nSPS) is 18.5. The predicted molar refractivity (Wildman–Crippen MR) is 137 cm³/mol. The van der Waals surface area contributed by atoms with E-state index in [1.54, 1.807) is 0 Å². The number of thioether (sulfide) groups is 1. The van der Waals surface area contributed by atoms with Gasteiger partial charge >= 0.3 is 0 Å². The fraction of sp³-hybridized carbons (Fsp3) is 0.400. The Morgan fingerprint density at radius 3 is 2.59 bits per heavy atom. The van der Waals surface area contributed by atoms with Gasteiger partial charge in [-0.05, 0) is 37.0 Å². The summed E-state index contributed by atoms with van der Waals surface area (Å²) in [7, 11) is 0. The SMILES string of the molecule is O=C(CSc1nnc(N2CCCC2)n1-c1ccccc1Cl)NC1CCN(Cc2ccccc2)C1. The molecule has 1 unspecified atom stereocenters. The molecule has 2 saturated heterocycles. The Labute approximate surface area is 209 Å². The number of likely N-dealkylation sites (tertiary alicyclic amines) is 1. The number of rotatable bonds is 8. The molecular formula is C25H29ClN6OS.